The highest BCUT2D eigenvalue weighted by molar-refractivity contribution is 7.52. The molecule has 0 aliphatic carbocycles. The third-order valence-corrected chi connectivity index (χ3v) is 7.57. The predicted molar refractivity (Wildman–Crippen MR) is 143 cm³/mol. The van der Waals surface area contributed by atoms with E-state index >= 15 is 0 Å². The molecule has 0 spiro atoms. The molecule has 0 rings (SSSR count). The minimum absolute atomic E-state index is 0.0506. The van der Waals surface area contributed by atoms with Gasteiger partial charge in [-0.3, -0.25) is 4.57 Å². The summed E-state index contributed by atoms with van der Waals surface area (Å²) >= 11 is 0. The smallest absolute Gasteiger partial charge is 0.333 e. The second-order valence-electron chi connectivity index (χ2n) is 10.4. The lowest BCUT2D eigenvalue weighted by atomic mass is 10.0. The van der Waals surface area contributed by atoms with Crippen LogP contribution in [0.5, 0.6) is 0 Å². The van der Waals surface area contributed by atoms with Crippen LogP contribution in [0, 0.1) is 5.92 Å². The molecule has 0 aromatic carbocycles. The van der Waals surface area contributed by atoms with Crippen LogP contribution in [0.3, 0.4) is 0 Å². The van der Waals surface area contributed by atoms with Crippen LogP contribution >= 0.6 is 7.60 Å². The van der Waals surface area contributed by atoms with E-state index in [9.17, 15) is 14.3 Å². The van der Waals surface area contributed by atoms with Crippen LogP contribution in [0.1, 0.15) is 117 Å². The van der Waals surface area contributed by atoms with Crippen molar-refractivity contribution in [2.24, 2.45) is 5.92 Å². The second-order valence-corrected chi connectivity index (χ2v) is 12.4. The summed E-state index contributed by atoms with van der Waals surface area (Å²) in [7, 11) is 0.261. The van der Waals surface area contributed by atoms with Crippen LogP contribution in [0.15, 0.2) is 0 Å². The fourth-order valence-electron chi connectivity index (χ4n) is 4.05. The van der Waals surface area contributed by atoms with E-state index in [1.54, 1.807) is 0 Å². The SMILES string of the molecule is CCCCCCCCCCCCCCCCCOCC(COP(=O)(O)CC[NH+](C)C)CC(C)=O. The van der Waals surface area contributed by atoms with Gasteiger partial charge in [0, 0.05) is 18.9 Å². The average Bonchev–Trinajstić information content (AvgIpc) is 2.78. The van der Waals surface area contributed by atoms with Gasteiger partial charge in [0.1, 0.15) is 5.78 Å². The molecule has 2 atom stereocenters. The molecule has 0 saturated heterocycles. The van der Waals surface area contributed by atoms with Crippen LogP contribution < -0.4 is 4.90 Å². The van der Waals surface area contributed by atoms with Crippen molar-refractivity contribution in [3.63, 3.8) is 0 Å². The van der Waals surface area contributed by atoms with E-state index in [1.165, 1.54) is 96.8 Å². The molecule has 0 heterocycles. The Bertz CT molecular complexity index is 515. The van der Waals surface area contributed by atoms with Crippen molar-refractivity contribution >= 4 is 13.4 Å². The van der Waals surface area contributed by atoms with Gasteiger partial charge in [0.05, 0.1) is 40.0 Å². The number of hydrogen-bond acceptors (Lipinski definition) is 4. The van der Waals surface area contributed by atoms with Crippen LogP contribution in [-0.4, -0.2) is 57.3 Å². The Balaban J connectivity index is 3.65. The van der Waals surface area contributed by atoms with Crippen LogP contribution in [0.4, 0.5) is 0 Å². The van der Waals surface area contributed by atoms with Gasteiger partial charge >= 0.3 is 7.60 Å². The molecule has 0 bridgehead atoms. The molecule has 0 aromatic rings. The fourth-order valence-corrected chi connectivity index (χ4v) is 5.35. The van der Waals surface area contributed by atoms with E-state index in [1.807, 2.05) is 14.1 Å². The molecule has 0 amide bonds. The van der Waals surface area contributed by atoms with Gasteiger partial charge in [-0.1, -0.05) is 96.8 Å². The number of carbonyl (C=O) groups is 1. The second kappa shape index (κ2) is 23.2. The molecule has 7 heteroatoms. The fraction of sp³-hybridized carbons (Fsp3) is 0.963. The molecule has 6 nitrogen and oxygen atoms in total. The largest absolute Gasteiger partial charge is 0.381 e. The molecule has 2 N–H and O–H groups in total. The minimum Gasteiger partial charge on any atom is -0.381 e. The summed E-state index contributed by atoms with van der Waals surface area (Å²) in [5.74, 6) is -0.115. The number of rotatable bonds is 26. The maximum atomic E-state index is 12.1. The van der Waals surface area contributed by atoms with Crippen molar-refractivity contribution in [1.29, 1.82) is 0 Å². The topological polar surface area (TPSA) is 77.3 Å². The molecular weight excluding hydrogens is 449 g/mol. The van der Waals surface area contributed by atoms with Gasteiger partial charge in [0.2, 0.25) is 0 Å². The standard InChI is InChI=1S/C27H56NO5P/c1-5-6-7-8-9-10-11-12-13-14-15-16-17-18-19-21-32-24-27(23-26(2)29)25-33-34(30,31)22-20-28(3)4/h27H,5-25H2,1-4H3,(H,30,31)/p+1. The number of ether oxygens (including phenoxy) is 1. The summed E-state index contributed by atoms with van der Waals surface area (Å²) < 4.78 is 23.2. The zero-order chi connectivity index (χ0) is 25.5. The van der Waals surface area contributed by atoms with Gasteiger partial charge in [-0.25, -0.2) is 0 Å². The molecule has 0 aliphatic heterocycles. The molecule has 34 heavy (non-hydrogen) atoms. The molecule has 0 fully saturated rings. The minimum atomic E-state index is -3.61. The van der Waals surface area contributed by atoms with Crippen molar-refractivity contribution in [2.45, 2.75) is 117 Å². The van der Waals surface area contributed by atoms with Gasteiger partial charge in [-0.2, -0.15) is 0 Å². The summed E-state index contributed by atoms with van der Waals surface area (Å²) in [6.07, 6.45) is 20.5. The normalized spacial score (nSPS) is 14.4. The zero-order valence-corrected chi connectivity index (χ0v) is 23.8. The lowest BCUT2D eigenvalue weighted by molar-refractivity contribution is -0.855. The number of ketones is 1. The third kappa shape index (κ3) is 24.9. The van der Waals surface area contributed by atoms with Crippen molar-refractivity contribution in [3.05, 3.63) is 0 Å². The van der Waals surface area contributed by atoms with Crippen LogP contribution in [0.25, 0.3) is 0 Å². The molecule has 204 valence electrons. The monoisotopic (exact) mass is 506 g/mol. The van der Waals surface area contributed by atoms with E-state index in [4.69, 9.17) is 9.26 Å². The average molecular weight is 507 g/mol. The third-order valence-electron chi connectivity index (χ3n) is 6.23. The Morgan fingerprint density at radius 2 is 1.29 bits per heavy atom. The van der Waals surface area contributed by atoms with Crippen molar-refractivity contribution < 1.29 is 28.4 Å². The molecule has 0 aromatic heterocycles. The maximum absolute atomic E-state index is 12.1. The lowest BCUT2D eigenvalue weighted by Crippen LogP contribution is -3.06. The quantitative estimate of drug-likeness (QED) is 0.114. The van der Waals surface area contributed by atoms with E-state index in [2.05, 4.69) is 6.92 Å². The Hall–Kier alpha value is -0.260. The number of carbonyl (C=O) groups excluding carboxylic acids is 1. The van der Waals surface area contributed by atoms with Gasteiger partial charge in [-0.05, 0) is 13.3 Å². The van der Waals surface area contributed by atoms with Crippen molar-refractivity contribution in [1.82, 2.24) is 0 Å². The molecule has 0 radical (unpaired) electrons. The summed E-state index contributed by atoms with van der Waals surface area (Å²) in [5.41, 5.74) is 0. The van der Waals surface area contributed by atoms with E-state index < -0.39 is 7.60 Å². The van der Waals surface area contributed by atoms with Gasteiger partial charge in [0.15, 0.2) is 0 Å². The Kier molecular flexibility index (Phi) is 23.0. The van der Waals surface area contributed by atoms with Crippen molar-refractivity contribution in [3.8, 4) is 0 Å². The highest BCUT2D eigenvalue weighted by Gasteiger charge is 2.23. The summed E-state index contributed by atoms with van der Waals surface area (Å²) in [6.45, 7) is 5.55. The molecule has 2 unspecified atom stereocenters. The van der Waals surface area contributed by atoms with Gasteiger partial charge < -0.3 is 23.8 Å². The van der Waals surface area contributed by atoms with Gasteiger partial charge in [0.25, 0.3) is 0 Å². The number of hydrogen-bond donors (Lipinski definition) is 2. The highest BCUT2D eigenvalue weighted by Crippen LogP contribution is 2.41. The first-order chi connectivity index (χ1) is 16.3. The Morgan fingerprint density at radius 1 is 0.824 bits per heavy atom. The Morgan fingerprint density at radius 3 is 1.74 bits per heavy atom. The van der Waals surface area contributed by atoms with Crippen LogP contribution in [-0.2, 0) is 18.6 Å². The first-order valence-corrected chi connectivity index (χ1v) is 15.9. The summed E-state index contributed by atoms with van der Waals surface area (Å²) in [5, 5.41) is 0. The number of unbranched alkanes of at least 4 members (excludes halogenated alkanes) is 14. The number of nitrogens with one attached hydrogen (secondary N) is 1. The first-order valence-electron chi connectivity index (χ1n) is 14.1. The number of quaternary nitrogens is 1. The zero-order valence-electron chi connectivity index (χ0n) is 23.0. The summed E-state index contributed by atoms with van der Waals surface area (Å²) in [6, 6.07) is 0. The number of Topliss-reactive ketones (excluding diaryl/α,β-unsaturated/α-hetero) is 1. The van der Waals surface area contributed by atoms with Gasteiger partial charge in [-0.15, -0.1) is 0 Å². The molecule has 0 saturated carbocycles. The Labute approximate surface area is 211 Å². The highest BCUT2D eigenvalue weighted by atomic mass is 31.2. The molecular formula is C27H57NO5P+. The molecule has 0 aliphatic rings. The van der Waals surface area contributed by atoms with Crippen LogP contribution in [0.2, 0.25) is 0 Å². The van der Waals surface area contributed by atoms with E-state index in [-0.39, 0.29) is 24.5 Å². The summed E-state index contributed by atoms with van der Waals surface area (Å²) in [4.78, 5) is 22.6. The lowest BCUT2D eigenvalue weighted by Gasteiger charge is -2.19. The van der Waals surface area contributed by atoms with E-state index in [0.717, 1.165) is 11.3 Å². The predicted octanol–water partition coefficient (Wildman–Crippen LogP) is 5.82. The first kappa shape index (κ1) is 33.7. The van der Waals surface area contributed by atoms with E-state index in [0.29, 0.717) is 26.2 Å². The maximum Gasteiger partial charge on any atom is 0.333 e. The van der Waals surface area contributed by atoms with Crippen molar-refractivity contribution in [2.75, 3.05) is 46.6 Å².